The number of pyridine rings is 3. The third-order valence-corrected chi connectivity index (χ3v) is 9.04. The number of nitriles is 2. The van der Waals surface area contributed by atoms with Crippen LogP contribution in [0, 0.1) is 22.8 Å². The Morgan fingerprint density at radius 2 is 1.72 bits per heavy atom. The van der Waals surface area contributed by atoms with E-state index < -0.39 is 15.4 Å². The first-order chi connectivity index (χ1) is 22.1. The standard InChI is InChI=1S/C33H27N9O3S/c1-33(2,19-34)29-13-11-23(17-37-29)42-30-25-14-21(10-12-26(25)36-18-28(30)41(3)32(42)39-20-35)22-15-27(31(45-4)38-16-22)40-46(43,44)24-8-6-5-7-9-24/h5-18,40H,1-4H3. The van der Waals surface area contributed by atoms with Crippen molar-refractivity contribution >= 4 is 37.6 Å². The smallest absolute Gasteiger partial charge is 0.262 e. The van der Waals surface area contributed by atoms with Crippen molar-refractivity contribution in [2.24, 2.45) is 12.0 Å². The molecule has 0 amide bonds. The first-order valence-corrected chi connectivity index (χ1v) is 15.5. The molecule has 6 rings (SSSR count). The molecule has 2 aromatic carbocycles. The number of methoxy groups -OCH3 is 1. The molecule has 0 aliphatic carbocycles. The van der Waals surface area contributed by atoms with Crippen LogP contribution in [-0.2, 0) is 22.5 Å². The predicted octanol–water partition coefficient (Wildman–Crippen LogP) is 4.97. The van der Waals surface area contributed by atoms with Gasteiger partial charge in [0.1, 0.15) is 5.69 Å². The highest BCUT2D eigenvalue weighted by molar-refractivity contribution is 7.92. The van der Waals surface area contributed by atoms with Gasteiger partial charge in [0.05, 0.1) is 63.8 Å². The largest absolute Gasteiger partial charge is 0.480 e. The minimum atomic E-state index is -3.91. The summed E-state index contributed by atoms with van der Waals surface area (Å²) in [5.41, 5.74) is 4.47. The molecule has 0 fully saturated rings. The van der Waals surface area contributed by atoms with Crippen molar-refractivity contribution in [1.82, 2.24) is 24.1 Å². The summed E-state index contributed by atoms with van der Waals surface area (Å²) in [5.74, 6) is 0.118. The molecule has 0 aliphatic heterocycles. The van der Waals surface area contributed by atoms with Gasteiger partial charge in [0.25, 0.3) is 10.0 Å². The van der Waals surface area contributed by atoms with Gasteiger partial charge in [0, 0.05) is 24.2 Å². The highest BCUT2D eigenvalue weighted by Gasteiger charge is 2.23. The summed E-state index contributed by atoms with van der Waals surface area (Å²) in [7, 11) is -0.698. The molecule has 0 aliphatic rings. The lowest BCUT2D eigenvalue weighted by Gasteiger charge is -2.15. The molecular weight excluding hydrogens is 602 g/mol. The second-order valence-electron chi connectivity index (χ2n) is 11.0. The van der Waals surface area contributed by atoms with E-state index in [0.717, 1.165) is 16.5 Å². The number of imidazole rings is 1. The molecule has 0 saturated carbocycles. The average Bonchev–Trinajstić information content (AvgIpc) is 3.36. The number of nitrogens with one attached hydrogen (secondary N) is 1. The Morgan fingerprint density at radius 1 is 0.935 bits per heavy atom. The van der Waals surface area contributed by atoms with Gasteiger partial charge in [-0.3, -0.25) is 19.3 Å². The quantitative estimate of drug-likeness (QED) is 0.242. The van der Waals surface area contributed by atoms with Crippen LogP contribution >= 0.6 is 0 Å². The summed E-state index contributed by atoms with van der Waals surface area (Å²) in [4.78, 5) is 17.8. The van der Waals surface area contributed by atoms with Gasteiger partial charge in [-0.05, 0) is 61.9 Å². The maximum Gasteiger partial charge on any atom is 0.262 e. The average molecular weight is 630 g/mol. The Morgan fingerprint density at radius 3 is 2.39 bits per heavy atom. The first kappa shape index (κ1) is 30.0. The third kappa shape index (κ3) is 5.19. The summed E-state index contributed by atoms with van der Waals surface area (Å²) in [6.45, 7) is 3.59. The van der Waals surface area contributed by atoms with Crippen molar-refractivity contribution in [3.05, 3.63) is 96.6 Å². The summed E-state index contributed by atoms with van der Waals surface area (Å²) < 4.78 is 37.8. The molecule has 13 heteroatoms. The number of ether oxygens (including phenoxy) is 1. The van der Waals surface area contributed by atoms with Crippen LogP contribution in [-0.4, -0.2) is 39.6 Å². The van der Waals surface area contributed by atoms with E-state index in [2.05, 4.69) is 30.7 Å². The minimum absolute atomic E-state index is 0.104. The monoisotopic (exact) mass is 629 g/mol. The number of aromatic nitrogens is 5. The predicted molar refractivity (Wildman–Crippen MR) is 172 cm³/mol. The maximum absolute atomic E-state index is 13.1. The van der Waals surface area contributed by atoms with E-state index in [1.165, 1.54) is 19.2 Å². The molecule has 0 saturated heterocycles. The fourth-order valence-corrected chi connectivity index (χ4v) is 6.26. The molecule has 4 heterocycles. The molecule has 46 heavy (non-hydrogen) atoms. The van der Waals surface area contributed by atoms with Crippen LogP contribution in [0.25, 0.3) is 38.8 Å². The first-order valence-electron chi connectivity index (χ1n) is 14.0. The van der Waals surface area contributed by atoms with E-state index in [0.29, 0.717) is 33.6 Å². The van der Waals surface area contributed by atoms with E-state index in [4.69, 9.17) is 4.74 Å². The Balaban J connectivity index is 1.54. The summed E-state index contributed by atoms with van der Waals surface area (Å²) in [6.07, 6.45) is 6.87. The van der Waals surface area contributed by atoms with E-state index in [9.17, 15) is 18.9 Å². The molecule has 0 bridgehead atoms. The minimum Gasteiger partial charge on any atom is -0.480 e. The zero-order valence-electron chi connectivity index (χ0n) is 25.3. The second-order valence-corrected chi connectivity index (χ2v) is 12.7. The number of rotatable bonds is 7. The Hall–Kier alpha value is -6.05. The van der Waals surface area contributed by atoms with Crippen LogP contribution in [0.3, 0.4) is 0 Å². The van der Waals surface area contributed by atoms with Crippen molar-refractivity contribution in [2.45, 2.75) is 24.2 Å². The van der Waals surface area contributed by atoms with Gasteiger partial charge in [-0.1, -0.05) is 24.3 Å². The van der Waals surface area contributed by atoms with E-state index in [1.54, 1.807) is 74.4 Å². The van der Waals surface area contributed by atoms with Crippen molar-refractivity contribution in [2.75, 3.05) is 11.8 Å². The number of aryl methyl sites for hydroxylation is 1. The second kappa shape index (κ2) is 11.5. The lowest BCUT2D eigenvalue weighted by atomic mass is 9.91. The Kier molecular flexibility index (Phi) is 7.48. The summed E-state index contributed by atoms with van der Waals surface area (Å²) in [5, 5.41) is 19.9. The molecule has 4 aromatic heterocycles. The van der Waals surface area contributed by atoms with Crippen molar-refractivity contribution in [3.63, 3.8) is 0 Å². The topological polar surface area (TPSA) is 164 Å². The SMILES string of the molecule is COc1ncc(-c2ccc3ncc4c(c3c2)n(-c2ccc(C(C)(C)C#N)nc2)c(=NC#N)n4C)cc1NS(=O)(=O)c1ccccc1. The zero-order valence-corrected chi connectivity index (χ0v) is 26.1. The van der Waals surface area contributed by atoms with Gasteiger partial charge in [-0.2, -0.15) is 10.5 Å². The lowest BCUT2D eigenvalue weighted by molar-refractivity contribution is 0.400. The van der Waals surface area contributed by atoms with Gasteiger partial charge < -0.3 is 9.30 Å². The van der Waals surface area contributed by atoms with Gasteiger partial charge in [-0.15, -0.1) is 4.99 Å². The van der Waals surface area contributed by atoms with Crippen molar-refractivity contribution in [3.8, 4) is 35.0 Å². The highest BCUT2D eigenvalue weighted by Crippen LogP contribution is 2.33. The number of anilines is 1. The normalized spacial score (nSPS) is 12.2. The molecule has 0 atom stereocenters. The molecule has 0 radical (unpaired) electrons. The Labute approximate surface area is 264 Å². The van der Waals surface area contributed by atoms with Gasteiger partial charge in [0.2, 0.25) is 17.7 Å². The summed E-state index contributed by atoms with van der Waals surface area (Å²) in [6, 6.07) is 21.2. The molecule has 1 N–H and O–H groups in total. The fourth-order valence-electron chi connectivity index (χ4n) is 5.19. The van der Waals surface area contributed by atoms with Crippen molar-refractivity contribution in [1.29, 1.82) is 10.5 Å². The fraction of sp³-hybridized carbons (Fsp3) is 0.152. The maximum atomic E-state index is 13.1. The van der Waals surface area contributed by atoms with Gasteiger partial charge in [0.15, 0.2) is 0 Å². The van der Waals surface area contributed by atoms with Crippen LogP contribution in [0.1, 0.15) is 19.5 Å². The molecule has 6 aromatic rings. The molecule has 12 nitrogen and oxygen atoms in total. The molecule has 228 valence electrons. The van der Waals surface area contributed by atoms with E-state index in [-0.39, 0.29) is 16.5 Å². The Bertz CT molecular complexity index is 2400. The number of hydrogen-bond donors (Lipinski definition) is 1. The van der Waals surface area contributed by atoms with E-state index in [1.807, 2.05) is 35.0 Å². The number of nitrogens with zero attached hydrogens (tertiary/aromatic N) is 8. The van der Waals surface area contributed by atoms with E-state index >= 15 is 0 Å². The van der Waals surface area contributed by atoms with Crippen LogP contribution in [0.15, 0.2) is 95.2 Å². The summed E-state index contributed by atoms with van der Waals surface area (Å²) >= 11 is 0. The van der Waals surface area contributed by atoms with Crippen LogP contribution in [0.5, 0.6) is 5.88 Å². The highest BCUT2D eigenvalue weighted by atomic mass is 32.2. The third-order valence-electron chi connectivity index (χ3n) is 7.66. The number of benzene rings is 2. The molecule has 0 spiro atoms. The number of sulfonamides is 1. The number of fused-ring (bicyclic) bond motifs is 3. The van der Waals surface area contributed by atoms with Crippen LogP contribution in [0.4, 0.5) is 5.69 Å². The van der Waals surface area contributed by atoms with Gasteiger partial charge in [-0.25, -0.2) is 13.4 Å². The number of hydrogen-bond acceptors (Lipinski definition) is 9. The molecule has 0 unspecified atom stereocenters. The van der Waals surface area contributed by atoms with Crippen LogP contribution < -0.4 is 15.1 Å². The van der Waals surface area contributed by atoms with Crippen LogP contribution in [0.2, 0.25) is 0 Å². The lowest BCUT2D eigenvalue weighted by Crippen LogP contribution is -2.23. The van der Waals surface area contributed by atoms with Gasteiger partial charge >= 0.3 is 0 Å². The molecular formula is C33H27N9O3S. The van der Waals surface area contributed by atoms with Crippen molar-refractivity contribution < 1.29 is 13.2 Å². The zero-order chi connectivity index (χ0) is 32.6.